The van der Waals surface area contributed by atoms with Gasteiger partial charge in [-0.3, -0.25) is 4.90 Å². The minimum absolute atomic E-state index is 0.355. The summed E-state index contributed by atoms with van der Waals surface area (Å²) < 4.78 is 11.1. The Morgan fingerprint density at radius 2 is 1.92 bits per heavy atom. The summed E-state index contributed by atoms with van der Waals surface area (Å²) in [6.45, 7) is 10.3. The third-order valence-corrected chi connectivity index (χ3v) is 4.92. The highest BCUT2D eigenvalue weighted by molar-refractivity contribution is 5.26. The van der Waals surface area contributed by atoms with Crippen LogP contribution >= 0.6 is 0 Å². The zero-order chi connectivity index (χ0) is 16.8. The molecule has 1 aromatic carbocycles. The van der Waals surface area contributed by atoms with Crippen LogP contribution in [0, 0.1) is 12.8 Å². The lowest BCUT2D eigenvalue weighted by atomic mass is 10.1. The lowest BCUT2D eigenvalue weighted by Crippen LogP contribution is -2.40. The second-order valence-corrected chi connectivity index (χ2v) is 7.11. The highest BCUT2D eigenvalue weighted by atomic mass is 16.5. The molecule has 5 nitrogen and oxygen atoms in total. The van der Waals surface area contributed by atoms with Crippen molar-refractivity contribution in [2.24, 2.45) is 5.92 Å². The van der Waals surface area contributed by atoms with Crippen molar-refractivity contribution < 1.29 is 14.6 Å². The number of benzene rings is 1. The third kappa shape index (κ3) is 5.45. The Kier molecular flexibility index (Phi) is 6.49. The van der Waals surface area contributed by atoms with Gasteiger partial charge in [0.2, 0.25) is 0 Å². The lowest BCUT2D eigenvalue weighted by Gasteiger charge is -2.29. The van der Waals surface area contributed by atoms with Crippen LogP contribution in [-0.4, -0.2) is 80.1 Å². The molecule has 2 fully saturated rings. The molecule has 0 aromatic heterocycles. The molecule has 24 heavy (non-hydrogen) atoms. The molecule has 0 radical (unpaired) electrons. The van der Waals surface area contributed by atoms with Gasteiger partial charge < -0.3 is 19.5 Å². The number of ether oxygens (including phenoxy) is 2. The van der Waals surface area contributed by atoms with E-state index in [1.165, 1.54) is 12.0 Å². The molecule has 0 amide bonds. The number of nitrogens with zero attached hydrogens (tertiary/aromatic N) is 2. The quantitative estimate of drug-likeness (QED) is 0.816. The molecule has 2 heterocycles. The number of β-amino-alcohol motifs (C(OH)–C–C–N with tert-alkyl or cyclic N) is 1. The minimum atomic E-state index is -0.437. The molecule has 2 atom stereocenters. The zero-order valence-corrected chi connectivity index (χ0v) is 14.7. The summed E-state index contributed by atoms with van der Waals surface area (Å²) in [5, 5.41) is 10.2. The van der Waals surface area contributed by atoms with Gasteiger partial charge in [-0.25, -0.2) is 0 Å². The number of aryl methyl sites for hydroxylation is 1. The highest BCUT2D eigenvalue weighted by Crippen LogP contribution is 2.18. The Hall–Kier alpha value is -1.14. The van der Waals surface area contributed by atoms with Gasteiger partial charge in [0.05, 0.1) is 13.2 Å². The molecule has 0 saturated carbocycles. The molecule has 2 saturated heterocycles. The molecule has 2 aliphatic rings. The van der Waals surface area contributed by atoms with Gasteiger partial charge in [-0.05, 0) is 37.9 Å². The smallest absolute Gasteiger partial charge is 0.119 e. The van der Waals surface area contributed by atoms with E-state index in [0.29, 0.717) is 19.1 Å². The van der Waals surface area contributed by atoms with E-state index in [9.17, 15) is 5.11 Å². The largest absolute Gasteiger partial charge is 0.491 e. The van der Waals surface area contributed by atoms with Crippen molar-refractivity contribution in [3.63, 3.8) is 0 Å². The fraction of sp³-hybridized carbons (Fsp3) is 0.684. The van der Waals surface area contributed by atoms with Gasteiger partial charge in [0.15, 0.2) is 0 Å². The molecule has 3 rings (SSSR count). The molecule has 0 bridgehead atoms. The first kappa shape index (κ1) is 17.7. The first-order chi connectivity index (χ1) is 11.7. The van der Waals surface area contributed by atoms with Gasteiger partial charge in [0.1, 0.15) is 18.5 Å². The molecule has 1 N–H and O–H groups in total. The molecule has 0 spiro atoms. The van der Waals surface area contributed by atoms with Crippen LogP contribution in [0.1, 0.15) is 12.0 Å². The fourth-order valence-electron chi connectivity index (χ4n) is 3.55. The molecule has 5 heteroatoms. The Labute approximate surface area is 145 Å². The van der Waals surface area contributed by atoms with Crippen LogP contribution in [0.25, 0.3) is 0 Å². The van der Waals surface area contributed by atoms with Crippen molar-refractivity contribution in [1.82, 2.24) is 9.80 Å². The number of hydrogen-bond donors (Lipinski definition) is 1. The average molecular weight is 334 g/mol. The van der Waals surface area contributed by atoms with Crippen molar-refractivity contribution in [3.05, 3.63) is 29.8 Å². The second-order valence-electron chi connectivity index (χ2n) is 7.11. The van der Waals surface area contributed by atoms with Gasteiger partial charge in [0, 0.05) is 32.7 Å². The lowest BCUT2D eigenvalue weighted by molar-refractivity contribution is 0.0304. The van der Waals surface area contributed by atoms with Gasteiger partial charge >= 0.3 is 0 Å². The van der Waals surface area contributed by atoms with E-state index < -0.39 is 6.10 Å². The maximum Gasteiger partial charge on any atom is 0.119 e. The summed E-state index contributed by atoms with van der Waals surface area (Å²) >= 11 is 0. The predicted octanol–water partition coefficient (Wildman–Crippen LogP) is 1.39. The summed E-state index contributed by atoms with van der Waals surface area (Å²) in [5.41, 5.74) is 1.21. The van der Waals surface area contributed by atoms with E-state index in [4.69, 9.17) is 9.47 Å². The van der Waals surface area contributed by atoms with Crippen molar-refractivity contribution in [2.45, 2.75) is 19.4 Å². The fourth-order valence-corrected chi connectivity index (χ4v) is 3.55. The number of morpholine rings is 1. The maximum absolute atomic E-state index is 10.2. The SMILES string of the molecule is Cc1ccc(OCC(O)CN2CCC(CN3CCOCC3)C2)cc1. The first-order valence-electron chi connectivity index (χ1n) is 9.09. The van der Waals surface area contributed by atoms with Crippen molar-refractivity contribution in [2.75, 3.05) is 59.1 Å². The van der Waals surface area contributed by atoms with Crippen LogP contribution in [-0.2, 0) is 4.74 Å². The highest BCUT2D eigenvalue weighted by Gasteiger charge is 2.26. The van der Waals surface area contributed by atoms with Crippen molar-refractivity contribution >= 4 is 0 Å². The van der Waals surface area contributed by atoms with Crippen LogP contribution in [0.2, 0.25) is 0 Å². The average Bonchev–Trinajstić information content (AvgIpc) is 3.02. The Balaban J connectivity index is 1.34. The van der Waals surface area contributed by atoms with Crippen LogP contribution < -0.4 is 4.74 Å². The number of aliphatic hydroxyl groups is 1. The van der Waals surface area contributed by atoms with Gasteiger partial charge in [-0.1, -0.05) is 17.7 Å². The van der Waals surface area contributed by atoms with E-state index in [1.807, 2.05) is 24.3 Å². The first-order valence-corrected chi connectivity index (χ1v) is 9.09. The van der Waals surface area contributed by atoms with Crippen LogP contribution in [0.15, 0.2) is 24.3 Å². The summed E-state index contributed by atoms with van der Waals surface area (Å²) in [7, 11) is 0. The zero-order valence-electron chi connectivity index (χ0n) is 14.7. The summed E-state index contributed by atoms with van der Waals surface area (Å²) in [6, 6.07) is 7.96. The monoisotopic (exact) mass is 334 g/mol. The number of rotatable bonds is 7. The molecule has 0 aliphatic carbocycles. The Morgan fingerprint density at radius 3 is 2.67 bits per heavy atom. The second kappa shape index (κ2) is 8.81. The van der Waals surface area contributed by atoms with Gasteiger partial charge in [-0.2, -0.15) is 0 Å². The van der Waals surface area contributed by atoms with Crippen molar-refractivity contribution in [1.29, 1.82) is 0 Å². The van der Waals surface area contributed by atoms with E-state index in [2.05, 4.69) is 16.7 Å². The van der Waals surface area contributed by atoms with E-state index >= 15 is 0 Å². The molecule has 134 valence electrons. The number of aliphatic hydroxyl groups excluding tert-OH is 1. The normalized spacial score (nSPS) is 24.2. The topological polar surface area (TPSA) is 45.2 Å². The van der Waals surface area contributed by atoms with E-state index in [1.54, 1.807) is 0 Å². The molecule has 1 aromatic rings. The van der Waals surface area contributed by atoms with Crippen LogP contribution in [0.3, 0.4) is 0 Å². The summed E-state index contributed by atoms with van der Waals surface area (Å²) in [6.07, 6.45) is 0.788. The van der Waals surface area contributed by atoms with Gasteiger partial charge in [0.25, 0.3) is 0 Å². The summed E-state index contributed by atoms with van der Waals surface area (Å²) in [5.74, 6) is 1.54. The Bertz CT molecular complexity index is 488. The molecule has 2 unspecified atom stereocenters. The molecule has 2 aliphatic heterocycles. The van der Waals surface area contributed by atoms with Gasteiger partial charge in [-0.15, -0.1) is 0 Å². The number of hydrogen-bond acceptors (Lipinski definition) is 5. The van der Waals surface area contributed by atoms with Crippen molar-refractivity contribution in [3.8, 4) is 5.75 Å². The standard InChI is InChI=1S/C19H30N2O3/c1-16-2-4-19(5-3-16)24-15-18(22)14-21-7-6-17(13-21)12-20-8-10-23-11-9-20/h2-5,17-18,22H,6-15H2,1H3. The molecular weight excluding hydrogens is 304 g/mol. The molecular formula is C19H30N2O3. The number of likely N-dealkylation sites (tertiary alicyclic amines) is 1. The third-order valence-electron chi connectivity index (χ3n) is 4.92. The van der Waals surface area contributed by atoms with Crippen LogP contribution in [0.4, 0.5) is 0 Å². The van der Waals surface area contributed by atoms with Crippen LogP contribution in [0.5, 0.6) is 5.75 Å². The maximum atomic E-state index is 10.2. The Morgan fingerprint density at radius 1 is 1.17 bits per heavy atom. The summed E-state index contributed by atoms with van der Waals surface area (Å²) in [4.78, 5) is 4.88. The van der Waals surface area contributed by atoms with E-state index in [0.717, 1.165) is 51.7 Å². The van der Waals surface area contributed by atoms with E-state index in [-0.39, 0.29) is 0 Å². The predicted molar refractivity (Wildman–Crippen MR) is 94.5 cm³/mol. The minimum Gasteiger partial charge on any atom is -0.491 e.